The van der Waals surface area contributed by atoms with Crippen LogP contribution in [0, 0.1) is 5.82 Å². The summed E-state index contributed by atoms with van der Waals surface area (Å²) in [5.41, 5.74) is 3.09. The summed E-state index contributed by atoms with van der Waals surface area (Å²) in [4.78, 5) is 49.2. The van der Waals surface area contributed by atoms with Gasteiger partial charge >= 0.3 is 0 Å². The second-order valence-electron chi connectivity index (χ2n) is 11.0. The van der Waals surface area contributed by atoms with Crippen LogP contribution in [-0.4, -0.2) is 62.8 Å². The number of hydrogen-bond acceptors (Lipinski definition) is 6. The van der Waals surface area contributed by atoms with Crippen LogP contribution in [0.1, 0.15) is 23.7 Å². The number of likely N-dealkylation sites (tertiary alicyclic amines) is 1. The molecule has 1 fully saturated rings. The number of anilines is 2. The molecule has 3 heterocycles. The molecule has 0 radical (unpaired) electrons. The van der Waals surface area contributed by atoms with E-state index in [-0.39, 0.29) is 36.5 Å². The van der Waals surface area contributed by atoms with Crippen molar-refractivity contribution in [3.63, 3.8) is 0 Å². The SMILES string of the molecule is CNc1ncc(-c2ccc3c(c2)c(C(C)=O)cn3CC(=O)N2C[C@H](F)CC2C(=O)Nc2cccc(-c3ccccc3Cl)c2F)cn1. The fourth-order valence-corrected chi connectivity index (χ4v) is 6.01. The molecule has 12 heteroatoms. The van der Waals surface area contributed by atoms with E-state index >= 15 is 4.39 Å². The number of Topliss-reactive ketones (excluding diaryl/α,β-unsaturated/α-hetero) is 1. The van der Waals surface area contributed by atoms with Gasteiger partial charge in [0.25, 0.3) is 0 Å². The second-order valence-corrected chi connectivity index (χ2v) is 11.4. The highest BCUT2D eigenvalue weighted by Crippen LogP contribution is 2.34. The molecule has 3 aromatic carbocycles. The molecular formula is C34H29ClF2N6O3. The van der Waals surface area contributed by atoms with Crippen molar-refractivity contribution in [2.24, 2.45) is 0 Å². The van der Waals surface area contributed by atoms with Crippen molar-refractivity contribution < 1.29 is 23.2 Å². The minimum absolute atomic E-state index is 0.110. The van der Waals surface area contributed by atoms with E-state index in [1.54, 1.807) is 72.7 Å². The van der Waals surface area contributed by atoms with Crippen LogP contribution in [0.3, 0.4) is 0 Å². The molecule has 1 aliphatic rings. The summed E-state index contributed by atoms with van der Waals surface area (Å²) in [6.45, 7) is 0.910. The number of aromatic nitrogens is 3. The number of carbonyl (C=O) groups is 3. The van der Waals surface area contributed by atoms with Crippen molar-refractivity contribution in [2.75, 3.05) is 24.2 Å². The highest BCUT2D eigenvalue weighted by molar-refractivity contribution is 6.33. The lowest BCUT2D eigenvalue weighted by atomic mass is 10.0. The Balaban J connectivity index is 1.24. The van der Waals surface area contributed by atoms with Crippen molar-refractivity contribution in [1.29, 1.82) is 0 Å². The predicted octanol–water partition coefficient (Wildman–Crippen LogP) is 6.38. The van der Waals surface area contributed by atoms with Crippen LogP contribution in [0.15, 0.2) is 79.3 Å². The van der Waals surface area contributed by atoms with Crippen LogP contribution in [0.2, 0.25) is 5.02 Å². The molecule has 6 rings (SSSR count). The van der Waals surface area contributed by atoms with Gasteiger partial charge in [0.2, 0.25) is 17.8 Å². The van der Waals surface area contributed by atoms with Gasteiger partial charge in [-0.3, -0.25) is 14.4 Å². The zero-order chi connectivity index (χ0) is 32.5. The first-order valence-electron chi connectivity index (χ1n) is 14.6. The lowest BCUT2D eigenvalue weighted by molar-refractivity contribution is -0.137. The molecule has 9 nitrogen and oxygen atoms in total. The van der Waals surface area contributed by atoms with Crippen LogP contribution in [0.4, 0.5) is 20.4 Å². The Kier molecular flexibility index (Phi) is 8.50. The maximum atomic E-state index is 15.5. The van der Waals surface area contributed by atoms with Crippen molar-refractivity contribution in [2.45, 2.75) is 32.1 Å². The zero-order valence-corrected chi connectivity index (χ0v) is 25.7. The molecule has 46 heavy (non-hydrogen) atoms. The van der Waals surface area contributed by atoms with Gasteiger partial charge in [-0.15, -0.1) is 0 Å². The number of amides is 2. The summed E-state index contributed by atoms with van der Waals surface area (Å²) in [5, 5.41) is 6.38. The molecule has 0 spiro atoms. The number of ketones is 1. The molecule has 5 aromatic rings. The first-order chi connectivity index (χ1) is 22.1. The summed E-state index contributed by atoms with van der Waals surface area (Å²) in [6, 6.07) is 15.6. The predicted molar refractivity (Wildman–Crippen MR) is 173 cm³/mol. The number of nitrogens with zero attached hydrogens (tertiary/aromatic N) is 4. The number of alkyl halides is 1. The number of nitrogens with one attached hydrogen (secondary N) is 2. The largest absolute Gasteiger partial charge is 0.357 e. The molecule has 2 amide bonds. The minimum atomic E-state index is -1.44. The Labute approximate surface area is 268 Å². The van der Waals surface area contributed by atoms with Crippen molar-refractivity contribution in [1.82, 2.24) is 19.4 Å². The molecule has 0 bridgehead atoms. The van der Waals surface area contributed by atoms with Gasteiger partial charge < -0.3 is 20.1 Å². The summed E-state index contributed by atoms with van der Waals surface area (Å²) < 4.78 is 31.9. The first-order valence-corrected chi connectivity index (χ1v) is 14.9. The molecule has 2 aromatic heterocycles. The first kappa shape index (κ1) is 30.8. The van der Waals surface area contributed by atoms with Gasteiger partial charge in [0, 0.05) is 70.2 Å². The van der Waals surface area contributed by atoms with Crippen LogP contribution in [0.5, 0.6) is 0 Å². The number of halogens is 3. The summed E-state index contributed by atoms with van der Waals surface area (Å²) in [6.07, 6.45) is 3.25. The van der Waals surface area contributed by atoms with Crippen LogP contribution < -0.4 is 10.6 Å². The van der Waals surface area contributed by atoms with Crippen LogP contribution in [-0.2, 0) is 16.1 Å². The molecule has 0 saturated carbocycles. The molecule has 234 valence electrons. The number of benzene rings is 3. The summed E-state index contributed by atoms with van der Waals surface area (Å²) >= 11 is 6.26. The fourth-order valence-electron chi connectivity index (χ4n) is 5.77. The third-order valence-electron chi connectivity index (χ3n) is 8.07. The third kappa shape index (κ3) is 5.93. The Hall–Kier alpha value is -5.16. The maximum Gasteiger partial charge on any atom is 0.247 e. The van der Waals surface area contributed by atoms with Crippen molar-refractivity contribution in [3.8, 4) is 22.3 Å². The Bertz CT molecular complexity index is 1980. The monoisotopic (exact) mass is 642 g/mol. The summed E-state index contributed by atoms with van der Waals surface area (Å²) in [5.74, 6) is -1.65. The van der Waals surface area contributed by atoms with Gasteiger partial charge in [0.05, 0.1) is 12.2 Å². The molecule has 1 unspecified atom stereocenters. The average Bonchev–Trinajstić information content (AvgIpc) is 3.63. The highest BCUT2D eigenvalue weighted by atomic mass is 35.5. The van der Waals surface area contributed by atoms with Gasteiger partial charge in [-0.1, -0.05) is 48.0 Å². The van der Waals surface area contributed by atoms with Crippen LogP contribution >= 0.6 is 11.6 Å². The van der Waals surface area contributed by atoms with E-state index in [1.165, 1.54) is 17.9 Å². The zero-order valence-electron chi connectivity index (χ0n) is 24.9. The molecule has 0 aliphatic carbocycles. The molecule has 1 aliphatic heterocycles. The lowest BCUT2D eigenvalue weighted by Gasteiger charge is -2.24. The van der Waals surface area contributed by atoms with E-state index in [9.17, 15) is 18.8 Å². The molecule has 1 saturated heterocycles. The minimum Gasteiger partial charge on any atom is -0.357 e. The Morgan fingerprint density at radius 3 is 2.46 bits per heavy atom. The normalized spacial score (nSPS) is 16.1. The van der Waals surface area contributed by atoms with E-state index in [1.807, 2.05) is 12.1 Å². The quantitative estimate of drug-likeness (QED) is 0.190. The number of hydrogen-bond donors (Lipinski definition) is 2. The molecular weight excluding hydrogens is 614 g/mol. The maximum absolute atomic E-state index is 15.5. The third-order valence-corrected chi connectivity index (χ3v) is 8.40. The topological polar surface area (TPSA) is 109 Å². The van der Waals surface area contributed by atoms with Gasteiger partial charge in [-0.05, 0) is 36.8 Å². The van der Waals surface area contributed by atoms with Gasteiger partial charge in [0.1, 0.15) is 18.8 Å². The van der Waals surface area contributed by atoms with E-state index in [0.717, 1.165) is 11.1 Å². The standard InChI is InChI=1S/C34H29ClF2N6O3/c1-19(44)26-17-42(29-11-10-20(12-25(26)29)21-14-39-34(38-2)40-15-21)18-31(45)43-16-22(36)13-30(43)33(46)41-28-9-5-7-24(32(28)37)23-6-3-4-8-27(23)35/h3-12,14-15,17,22,30H,13,16,18H2,1-2H3,(H,41,46)(H,38,39,40)/t22-,30?/m1/s1. The smallest absolute Gasteiger partial charge is 0.247 e. The molecule has 2 atom stereocenters. The van der Waals surface area contributed by atoms with Crippen LogP contribution in [0.25, 0.3) is 33.2 Å². The van der Waals surface area contributed by atoms with Crippen molar-refractivity contribution >= 4 is 51.7 Å². The molecule has 2 N–H and O–H groups in total. The van der Waals surface area contributed by atoms with Crippen molar-refractivity contribution in [3.05, 3.63) is 95.7 Å². The average molecular weight is 643 g/mol. The van der Waals surface area contributed by atoms with E-state index < -0.39 is 29.8 Å². The number of carbonyl (C=O) groups excluding carboxylic acids is 3. The number of rotatable bonds is 8. The van der Waals surface area contributed by atoms with E-state index in [4.69, 9.17) is 11.6 Å². The Morgan fingerprint density at radius 2 is 1.74 bits per heavy atom. The lowest BCUT2D eigenvalue weighted by Crippen LogP contribution is -2.44. The number of fused-ring (bicyclic) bond motifs is 1. The van der Waals surface area contributed by atoms with E-state index in [2.05, 4.69) is 20.6 Å². The van der Waals surface area contributed by atoms with Gasteiger partial charge in [-0.25, -0.2) is 18.7 Å². The van der Waals surface area contributed by atoms with Gasteiger partial charge in [0.15, 0.2) is 11.6 Å². The fraction of sp³-hybridized carbons (Fsp3) is 0.206. The van der Waals surface area contributed by atoms with Gasteiger partial charge in [-0.2, -0.15) is 0 Å². The van der Waals surface area contributed by atoms with E-state index in [0.29, 0.717) is 33.0 Å². The second kappa shape index (κ2) is 12.7. The highest BCUT2D eigenvalue weighted by Gasteiger charge is 2.40. The summed E-state index contributed by atoms with van der Waals surface area (Å²) in [7, 11) is 1.72. The Morgan fingerprint density at radius 1 is 1.00 bits per heavy atom.